The van der Waals surface area contributed by atoms with Crippen molar-refractivity contribution in [3.05, 3.63) is 35.4 Å². The van der Waals surface area contributed by atoms with Crippen molar-refractivity contribution in [2.24, 2.45) is 0 Å². The summed E-state index contributed by atoms with van der Waals surface area (Å²) in [5.41, 5.74) is 2.07. The first kappa shape index (κ1) is 26.2. The van der Waals surface area contributed by atoms with E-state index < -0.39 is 11.6 Å². The zero-order valence-electron chi connectivity index (χ0n) is 20.8. The number of nitrogens with one attached hydrogen (secondary N) is 1. The van der Waals surface area contributed by atoms with Crippen molar-refractivity contribution in [1.82, 2.24) is 25.0 Å². The predicted molar refractivity (Wildman–Crippen MR) is 136 cm³/mol. The van der Waals surface area contributed by atoms with Gasteiger partial charge in [0, 0.05) is 17.7 Å². The molecule has 2 aliphatic carbocycles. The number of halogens is 2. The SMILES string of the molecule is CCCSc1nc(N[C@@H]2C[C@H]2c2ccc(F)c(F)c2)c2nnn([C@H]3CC[C@@H](OCCOCCO)C3)c2n1. The highest BCUT2D eigenvalue weighted by Crippen LogP contribution is 2.44. The third kappa shape index (κ3) is 6.19. The fourth-order valence-corrected chi connectivity index (χ4v) is 5.48. The molecular weight excluding hydrogens is 502 g/mol. The summed E-state index contributed by atoms with van der Waals surface area (Å²) in [6.07, 6.45) is 4.54. The number of rotatable bonds is 13. The lowest BCUT2D eigenvalue weighted by atomic mass is 10.1. The predicted octanol–water partition coefficient (Wildman–Crippen LogP) is 4.09. The molecule has 12 heteroatoms. The maximum Gasteiger partial charge on any atom is 0.191 e. The number of thioether (sulfide) groups is 1. The van der Waals surface area contributed by atoms with Crippen LogP contribution >= 0.6 is 11.8 Å². The van der Waals surface area contributed by atoms with Gasteiger partial charge in [0.25, 0.3) is 0 Å². The first-order valence-electron chi connectivity index (χ1n) is 12.8. The van der Waals surface area contributed by atoms with Gasteiger partial charge in [0.1, 0.15) is 0 Å². The average Bonchev–Trinajstić information content (AvgIpc) is 3.29. The van der Waals surface area contributed by atoms with Crippen molar-refractivity contribution in [1.29, 1.82) is 0 Å². The van der Waals surface area contributed by atoms with E-state index in [-0.39, 0.29) is 30.7 Å². The van der Waals surface area contributed by atoms with E-state index in [9.17, 15) is 8.78 Å². The van der Waals surface area contributed by atoms with E-state index in [0.29, 0.717) is 42.0 Å². The monoisotopic (exact) mass is 534 g/mol. The molecule has 2 fully saturated rings. The average molecular weight is 535 g/mol. The quantitative estimate of drug-likeness (QED) is 0.190. The van der Waals surface area contributed by atoms with Gasteiger partial charge in [-0.05, 0) is 49.8 Å². The lowest BCUT2D eigenvalue weighted by Gasteiger charge is -2.14. The van der Waals surface area contributed by atoms with Crippen LogP contribution in [0.25, 0.3) is 11.2 Å². The molecule has 3 aromatic rings. The number of nitrogens with zero attached hydrogens (tertiary/aromatic N) is 5. The first-order chi connectivity index (χ1) is 18.1. The Morgan fingerprint density at radius 3 is 2.84 bits per heavy atom. The molecule has 37 heavy (non-hydrogen) atoms. The molecule has 0 aliphatic heterocycles. The molecule has 0 spiro atoms. The van der Waals surface area contributed by atoms with Crippen LogP contribution in [0.1, 0.15) is 56.6 Å². The van der Waals surface area contributed by atoms with E-state index in [1.165, 1.54) is 12.1 Å². The smallest absolute Gasteiger partial charge is 0.191 e. The lowest BCUT2D eigenvalue weighted by Crippen LogP contribution is -2.16. The molecule has 0 bridgehead atoms. The number of anilines is 1. The van der Waals surface area contributed by atoms with E-state index in [2.05, 4.69) is 22.6 Å². The van der Waals surface area contributed by atoms with Gasteiger partial charge in [-0.1, -0.05) is 30.0 Å². The Labute approximate surface area is 218 Å². The maximum absolute atomic E-state index is 13.7. The second kappa shape index (κ2) is 12.0. The van der Waals surface area contributed by atoms with Gasteiger partial charge in [0.2, 0.25) is 0 Å². The summed E-state index contributed by atoms with van der Waals surface area (Å²) in [6.45, 7) is 3.39. The molecule has 2 heterocycles. The Morgan fingerprint density at radius 1 is 1.14 bits per heavy atom. The van der Waals surface area contributed by atoms with Crippen LogP contribution in [0.3, 0.4) is 0 Å². The molecule has 0 radical (unpaired) electrons. The first-order valence-corrected chi connectivity index (χ1v) is 13.8. The van der Waals surface area contributed by atoms with Crippen LogP contribution in [0.15, 0.2) is 23.4 Å². The molecule has 4 atom stereocenters. The van der Waals surface area contributed by atoms with E-state index in [4.69, 9.17) is 24.5 Å². The van der Waals surface area contributed by atoms with Crippen LogP contribution < -0.4 is 5.32 Å². The van der Waals surface area contributed by atoms with Gasteiger partial charge < -0.3 is 19.9 Å². The Kier molecular flexibility index (Phi) is 8.48. The van der Waals surface area contributed by atoms with Crippen LogP contribution in [0.5, 0.6) is 0 Å². The van der Waals surface area contributed by atoms with Crippen LogP contribution in [0.4, 0.5) is 14.6 Å². The molecule has 0 unspecified atom stereocenters. The van der Waals surface area contributed by atoms with Gasteiger partial charge >= 0.3 is 0 Å². The van der Waals surface area contributed by atoms with Gasteiger partial charge in [0.05, 0.1) is 38.6 Å². The van der Waals surface area contributed by atoms with Crippen molar-refractivity contribution < 1.29 is 23.4 Å². The molecule has 2 aliphatic rings. The lowest BCUT2D eigenvalue weighted by molar-refractivity contribution is -0.000876. The number of aliphatic hydroxyl groups is 1. The van der Waals surface area contributed by atoms with Crippen molar-refractivity contribution in [2.45, 2.75) is 68.3 Å². The highest BCUT2D eigenvalue weighted by molar-refractivity contribution is 7.99. The Balaban J connectivity index is 1.30. The molecule has 9 nitrogen and oxygen atoms in total. The van der Waals surface area contributed by atoms with Gasteiger partial charge in [-0.2, -0.15) is 0 Å². The number of aliphatic hydroxyl groups excluding tert-OH is 1. The van der Waals surface area contributed by atoms with Crippen LogP contribution in [0, 0.1) is 11.6 Å². The third-order valence-corrected chi connectivity index (χ3v) is 7.80. The van der Waals surface area contributed by atoms with Crippen LogP contribution in [-0.4, -0.2) is 74.4 Å². The third-order valence-electron chi connectivity index (χ3n) is 6.74. The molecule has 1 aromatic carbocycles. The van der Waals surface area contributed by atoms with Crippen LogP contribution in [-0.2, 0) is 9.47 Å². The minimum Gasteiger partial charge on any atom is -0.394 e. The van der Waals surface area contributed by atoms with E-state index in [1.54, 1.807) is 17.8 Å². The summed E-state index contributed by atoms with van der Waals surface area (Å²) in [4.78, 5) is 9.53. The molecule has 0 amide bonds. The van der Waals surface area contributed by atoms with Gasteiger partial charge in [-0.3, -0.25) is 0 Å². The summed E-state index contributed by atoms with van der Waals surface area (Å²) < 4.78 is 40.2. The molecule has 2 aromatic heterocycles. The number of benzene rings is 1. The van der Waals surface area contributed by atoms with Crippen LogP contribution in [0.2, 0.25) is 0 Å². The fraction of sp³-hybridized carbons (Fsp3) is 0.600. The van der Waals surface area contributed by atoms with Crippen molar-refractivity contribution in [3.63, 3.8) is 0 Å². The Morgan fingerprint density at radius 2 is 2.03 bits per heavy atom. The van der Waals surface area contributed by atoms with Crippen molar-refractivity contribution in [3.8, 4) is 0 Å². The van der Waals surface area contributed by atoms with E-state index in [0.717, 1.165) is 43.4 Å². The summed E-state index contributed by atoms with van der Waals surface area (Å²) in [7, 11) is 0. The molecule has 0 saturated heterocycles. The highest BCUT2D eigenvalue weighted by atomic mass is 32.2. The Bertz CT molecular complexity index is 1210. The molecule has 200 valence electrons. The summed E-state index contributed by atoms with van der Waals surface area (Å²) in [5.74, 6) is -0.0706. The minimum atomic E-state index is -0.838. The summed E-state index contributed by atoms with van der Waals surface area (Å²) in [5, 5.41) is 21.8. The summed E-state index contributed by atoms with van der Waals surface area (Å²) >= 11 is 1.59. The van der Waals surface area contributed by atoms with E-state index in [1.807, 2.05) is 4.68 Å². The minimum absolute atomic E-state index is 0.00823. The number of aromatic nitrogens is 5. The molecular formula is C25H32F2N6O3S. The fourth-order valence-electron chi connectivity index (χ4n) is 4.79. The maximum atomic E-state index is 13.7. The standard InChI is InChI=1S/C25H32F2N6O3S/c1-2-11-37-25-29-23(28-21-14-18(21)15-3-6-19(26)20(27)12-15)22-24(30-25)33(32-31-22)16-4-5-17(13-16)36-10-9-35-8-7-34/h3,6,12,16-18,21,34H,2,4-5,7-11,13-14H2,1H3,(H,28,29,30)/t16-,17+,18-,21+/m0/s1. The molecule has 5 rings (SSSR count). The number of hydrogen-bond donors (Lipinski definition) is 2. The normalized spacial score (nSPS) is 23.1. The van der Waals surface area contributed by atoms with Gasteiger partial charge in [-0.25, -0.2) is 23.4 Å². The van der Waals surface area contributed by atoms with Gasteiger partial charge in [-0.15, -0.1) is 5.10 Å². The molecule has 2 saturated carbocycles. The zero-order valence-corrected chi connectivity index (χ0v) is 21.6. The number of ether oxygens (including phenoxy) is 2. The van der Waals surface area contributed by atoms with E-state index >= 15 is 0 Å². The second-order valence-corrected chi connectivity index (χ2v) is 10.5. The highest BCUT2D eigenvalue weighted by Gasteiger charge is 2.40. The zero-order chi connectivity index (χ0) is 25.8. The second-order valence-electron chi connectivity index (χ2n) is 9.47. The number of fused-ring (bicyclic) bond motifs is 1. The van der Waals surface area contributed by atoms with Gasteiger partial charge in [0.15, 0.2) is 33.8 Å². The molecule has 2 N–H and O–H groups in total. The van der Waals surface area contributed by atoms with Crippen molar-refractivity contribution >= 4 is 28.7 Å². The Hall–Kier alpha value is -2.41. The topological polar surface area (TPSA) is 107 Å². The van der Waals surface area contributed by atoms with Crippen molar-refractivity contribution in [2.75, 3.05) is 37.5 Å². The summed E-state index contributed by atoms with van der Waals surface area (Å²) in [6, 6.07) is 4.25. The largest absolute Gasteiger partial charge is 0.394 e. The number of hydrogen-bond acceptors (Lipinski definition) is 9.